The summed E-state index contributed by atoms with van der Waals surface area (Å²) in [7, 11) is 0. The van der Waals surface area contributed by atoms with E-state index >= 15 is 0 Å². The molecule has 4 saturated carbocycles. The Balaban J connectivity index is 1.03. The second-order valence-corrected chi connectivity index (χ2v) is 19.0. The molecule has 0 N–H and O–H groups in total. The van der Waals surface area contributed by atoms with Crippen LogP contribution in [-0.2, 0) is 10.8 Å². The number of fused-ring (bicyclic) bond motifs is 4. The Labute approximate surface area is 339 Å². The lowest BCUT2D eigenvalue weighted by Crippen LogP contribution is -2.48. The van der Waals surface area contributed by atoms with Gasteiger partial charge in [-0.15, -0.1) is 0 Å². The maximum Gasteiger partial charge on any atom is 0.0465 e. The summed E-state index contributed by atoms with van der Waals surface area (Å²) in [6.07, 6.45) is 8.60. The first kappa shape index (κ1) is 34.8. The zero-order valence-corrected chi connectivity index (χ0v) is 33.9. The second kappa shape index (κ2) is 13.1. The van der Waals surface area contributed by atoms with Crippen LogP contribution in [0.15, 0.2) is 152 Å². The van der Waals surface area contributed by atoms with Gasteiger partial charge in [0, 0.05) is 22.5 Å². The average molecular weight is 740 g/mol. The van der Waals surface area contributed by atoms with Gasteiger partial charge < -0.3 is 4.90 Å². The highest BCUT2D eigenvalue weighted by Crippen LogP contribution is 2.61. The molecule has 4 fully saturated rings. The van der Waals surface area contributed by atoms with Gasteiger partial charge in [-0.1, -0.05) is 131 Å². The van der Waals surface area contributed by atoms with Gasteiger partial charge in [-0.3, -0.25) is 0 Å². The highest BCUT2D eigenvalue weighted by atomic mass is 15.1. The minimum absolute atomic E-state index is 0.0899. The van der Waals surface area contributed by atoms with Crippen molar-refractivity contribution in [1.29, 1.82) is 0 Å². The summed E-state index contributed by atoms with van der Waals surface area (Å²) >= 11 is 0. The summed E-state index contributed by atoms with van der Waals surface area (Å²) < 4.78 is 0. The maximum atomic E-state index is 2.51. The Morgan fingerprint density at radius 3 is 1.63 bits per heavy atom. The SMILES string of the molecule is CC(C)c1cccc2c1-c1ccc(N(c3ccc(-c4cc5ccccc5cc4-c4ccccc4)cc3)c3ccc(C45CC6CC(CC(C6)C4)C5)cc3)cc1C2(C)C. The highest BCUT2D eigenvalue weighted by molar-refractivity contribution is 5.97. The smallest absolute Gasteiger partial charge is 0.0465 e. The van der Waals surface area contributed by atoms with Crippen molar-refractivity contribution in [3.63, 3.8) is 0 Å². The fourth-order valence-electron chi connectivity index (χ4n) is 12.4. The van der Waals surface area contributed by atoms with E-state index in [1.54, 1.807) is 5.56 Å². The maximum absolute atomic E-state index is 2.51. The summed E-state index contributed by atoms with van der Waals surface area (Å²) in [4.78, 5) is 2.51. The van der Waals surface area contributed by atoms with Crippen molar-refractivity contribution < 1.29 is 0 Å². The monoisotopic (exact) mass is 739 g/mol. The fourth-order valence-corrected chi connectivity index (χ4v) is 12.4. The third kappa shape index (κ3) is 5.64. The van der Waals surface area contributed by atoms with Crippen molar-refractivity contribution in [2.24, 2.45) is 17.8 Å². The van der Waals surface area contributed by atoms with Gasteiger partial charge in [-0.25, -0.2) is 0 Å². The molecule has 0 aromatic heterocycles. The predicted octanol–water partition coefficient (Wildman–Crippen LogP) is 15.5. The molecule has 1 heteroatoms. The van der Waals surface area contributed by atoms with Crippen LogP contribution in [0.25, 0.3) is 44.2 Å². The molecule has 1 nitrogen and oxygen atoms in total. The van der Waals surface area contributed by atoms with Gasteiger partial charge in [0.15, 0.2) is 0 Å². The zero-order valence-electron chi connectivity index (χ0n) is 33.9. The van der Waals surface area contributed by atoms with Gasteiger partial charge in [0.25, 0.3) is 0 Å². The number of hydrogen-bond acceptors (Lipinski definition) is 1. The lowest BCUT2D eigenvalue weighted by atomic mass is 9.48. The molecular formula is C56H53N. The van der Waals surface area contributed by atoms with Crippen molar-refractivity contribution in [3.8, 4) is 33.4 Å². The van der Waals surface area contributed by atoms with Crippen molar-refractivity contribution in [2.75, 3.05) is 4.90 Å². The normalized spacial score (nSPS) is 22.5. The van der Waals surface area contributed by atoms with Gasteiger partial charge >= 0.3 is 0 Å². The van der Waals surface area contributed by atoms with E-state index in [1.165, 1.54) is 116 Å². The molecule has 0 saturated heterocycles. The molecule has 0 spiro atoms. The van der Waals surface area contributed by atoms with Gasteiger partial charge in [0.05, 0.1) is 0 Å². The molecular weight excluding hydrogens is 687 g/mol. The van der Waals surface area contributed by atoms with Crippen LogP contribution in [0, 0.1) is 17.8 Å². The summed E-state index contributed by atoms with van der Waals surface area (Å²) in [6.45, 7) is 9.49. The number of nitrogens with zero attached hydrogens (tertiary/aromatic N) is 1. The molecule has 5 aliphatic carbocycles. The lowest BCUT2D eigenvalue weighted by molar-refractivity contribution is -0.00518. The molecule has 0 aliphatic heterocycles. The van der Waals surface area contributed by atoms with Crippen LogP contribution in [0.1, 0.15) is 94.4 Å². The molecule has 7 aromatic rings. The minimum atomic E-state index is -0.0899. The molecule has 12 rings (SSSR count). The van der Waals surface area contributed by atoms with Crippen LogP contribution in [0.2, 0.25) is 0 Å². The van der Waals surface area contributed by atoms with E-state index in [2.05, 4.69) is 184 Å². The standard InChI is InChI=1S/C56H53N/c1-36(2)48-15-10-16-52-54(48)49-26-25-47(32-53(49)55(52,3)4)57(46-23-19-44(20-24-46)56-33-37-27-38(34-56)29-39(28-37)35-56)45-21-17-41(18-22-45)51-31-43-14-9-8-13-42(43)30-50(51)40-11-6-5-7-12-40/h5-26,30-32,36-39H,27-29,33-35H2,1-4H3. The molecule has 4 bridgehead atoms. The quantitative estimate of drug-likeness (QED) is 0.157. The highest BCUT2D eigenvalue weighted by Gasteiger charge is 2.51. The fraction of sp³-hybridized carbons (Fsp3) is 0.286. The molecule has 57 heavy (non-hydrogen) atoms. The van der Waals surface area contributed by atoms with E-state index in [4.69, 9.17) is 0 Å². The van der Waals surface area contributed by atoms with Crippen molar-refractivity contribution >= 4 is 27.8 Å². The van der Waals surface area contributed by atoms with Crippen molar-refractivity contribution in [1.82, 2.24) is 0 Å². The first-order valence-corrected chi connectivity index (χ1v) is 21.6. The zero-order chi connectivity index (χ0) is 38.5. The Morgan fingerprint density at radius 2 is 1.04 bits per heavy atom. The van der Waals surface area contributed by atoms with E-state index in [1.807, 2.05) is 0 Å². The van der Waals surface area contributed by atoms with Crippen LogP contribution in [0.5, 0.6) is 0 Å². The summed E-state index contributed by atoms with van der Waals surface area (Å²) in [5.41, 5.74) is 17.6. The molecule has 5 aliphatic rings. The Morgan fingerprint density at radius 1 is 0.491 bits per heavy atom. The third-order valence-corrected chi connectivity index (χ3v) is 14.8. The van der Waals surface area contributed by atoms with E-state index in [0.29, 0.717) is 11.3 Å². The van der Waals surface area contributed by atoms with E-state index in [9.17, 15) is 0 Å². The Bertz CT molecular complexity index is 2610. The first-order chi connectivity index (χ1) is 27.7. The lowest BCUT2D eigenvalue weighted by Gasteiger charge is -2.57. The van der Waals surface area contributed by atoms with Gasteiger partial charge in [0.2, 0.25) is 0 Å². The van der Waals surface area contributed by atoms with E-state index in [-0.39, 0.29) is 5.41 Å². The summed E-state index contributed by atoms with van der Waals surface area (Å²) in [5, 5.41) is 2.53. The summed E-state index contributed by atoms with van der Waals surface area (Å²) in [5.74, 6) is 3.28. The first-order valence-electron chi connectivity index (χ1n) is 21.6. The van der Waals surface area contributed by atoms with E-state index in [0.717, 1.165) is 17.8 Å². The van der Waals surface area contributed by atoms with Crippen LogP contribution in [-0.4, -0.2) is 0 Å². The molecule has 0 radical (unpaired) electrons. The molecule has 0 amide bonds. The second-order valence-electron chi connectivity index (χ2n) is 19.0. The topological polar surface area (TPSA) is 3.24 Å². The molecule has 0 atom stereocenters. The van der Waals surface area contributed by atoms with Crippen LogP contribution < -0.4 is 4.90 Å². The van der Waals surface area contributed by atoms with Gasteiger partial charge in [-0.2, -0.15) is 0 Å². The number of anilines is 3. The molecule has 282 valence electrons. The van der Waals surface area contributed by atoms with Crippen LogP contribution in [0.4, 0.5) is 17.1 Å². The minimum Gasteiger partial charge on any atom is -0.310 e. The van der Waals surface area contributed by atoms with Gasteiger partial charge in [-0.05, 0) is 183 Å². The van der Waals surface area contributed by atoms with Crippen LogP contribution >= 0.6 is 0 Å². The predicted molar refractivity (Wildman–Crippen MR) is 241 cm³/mol. The number of rotatable bonds is 7. The van der Waals surface area contributed by atoms with Crippen molar-refractivity contribution in [2.45, 2.75) is 83.0 Å². The average Bonchev–Trinajstić information content (AvgIpc) is 3.46. The van der Waals surface area contributed by atoms with Crippen LogP contribution in [0.3, 0.4) is 0 Å². The van der Waals surface area contributed by atoms with Gasteiger partial charge in [0.1, 0.15) is 0 Å². The summed E-state index contributed by atoms with van der Waals surface area (Å²) in [6, 6.07) is 57.8. The van der Waals surface area contributed by atoms with E-state index < -0.39 is 0 Å². The Hall–Kier alpha value is -5.40. The molecule has 0 heterocycles. The Kier molecular flexibility index (Phi) is 7.98. The number of benzene rings is 7. The molecule has 0 unspecified atom stereocenters. The number of hydrogen-bond donors (Lipinski definition) is 0. The van der Waals surface area contributed by atoms with Crippen molar-refractivity contribution in [3.05, 3.63) is 174 Å². The largest absolute Gasteiger partial charge is 0.310 e. The molecule has 7 aromatic carbocycles. The third-order valence-electron chi connectivity index (χ3n) is 14.8.